The summed E-state index contributed by atoms with van der Waals surface area (Å²) >= 11 is 24.0. The van der Waals surface area contributed by atoms with E-state index < -0.39 is 11.9 Å². The topological polar surface area (TPSA) is 59.0 Å². The van der Waals surface area contributed by atoms with E-state index in [0.717, 1.165) is 5.56 Å². The number of rotatable bonds is 4. The lowest BCUT2D eigenvalue weighted by atomic mass is 10.1. The van der Waals surface area contributed by atoms with Gasteiger partial charge in [0.2, 0.25) is 0 Å². The molecule has 0 atom stereocenters. The van der Waals surface area contributed by atoms with E-state index in [9.17, 15) is 9.59 Å². The molecule has 1 heterocycles. The minimum atomic E-state index is -0.803. The molecule has 0 unspecified atom stereocenters. The highest BCUT2D eigenvalue weighted by molar-refractivity contribution is 6.54. The molecule has 0 radical (unpaired) electrons. The first-order valence-corrected chi connectivity index (χ1v) is 10.5. The first kappa shape index (κ1) is 21.7. The molecule has 0 aliphatic carbocycles. The number of amides is 1. The van der Waals surface area contributed by atoms with Crippen molar-refractivity contribution in [2.24, 2.45) is 5.16 Å². The molecule has 0 N–H and O–H groups in total. The van der Waals surface area contributed by atoms with Crippen molar-refractivity contribution in [3.8, 4) is 0 Å². The summed E-state index contributed by atoms with van der Waals surface area (Å²) in [5, 5.41) is 5.16. The summed E-state index contributed by atoms with van der Waals surface area (Å²) in [6.45, 7) is 0.239. The SMILES string of the molecule is O=C(O/N=C1/C(=O)N(Cc2ccc(Cl)c(Cl)c2)c2ccccc21)c1ccc(Cl)cc1Cl. The van der Waals surface area contributed by atoms with E-state index in [4.69, 9.17) is 51.2 Å². The minimum absolute atomic E-state index is 0.00842. The summed E-state index contributed by atoms with van der Waals surface area (Å²) < 4.78 is 0. The van der Waals surface area contributed by atoms with E-state index in [1.165, 1.54) is 23.1 Å². The van der Waals surface area contributed by atoms with Crippen LogP contribution in [0.1, 0.15) is 21.5 Å². The maximum atomic E-state index is 13.1. The van der Waals surface area contributed by atoms with Gasteiger partial charge in [0.1, 0.15) is 0 Å². The number of hydrogen-bond acceptors (Lipinski definition) is 4. The van der Waals surface area contributed by atoms with Crippen molar-refractivity contribution in [2.75, 3.05) is 4.90 Å². The molecule has 156 valence electrons. The molecular formula is C22H12Cl4N2O3. The summed E-state index contributed by atoms with van der Waals surface area (Å²) in [4.78, 5) is 32.0. The van der Waals surface area contributed by atoms with Crippen molar-refractivity contribution in [3.63, 3.8) is 0 Å². The molecule has 3 aromatic carbocycles. The van der Waals surface area contributed by atoms with Crippen LogP contribution in [0.2, 0.25) is 20.1 Å². The number of carbonyl (C=O) groups excluding carboxylic acids is 2. The van der Waals surface area contributed by atoms with Crippen LogP contribution in [0.15, 0.2) is 65.8 Å². The van der Waals surface area contributed by atoms with Gasteiger partial charge in [0.25, 0.3) is 5.91 Å². The van der Waals surface area contributed by atoms with E-state index in [1.807, 2.05) is 0 Å². The predicted octanol–water partition coefficient (Wildman–Crippen LogP) is 6.41. The molecule has 0 saturated heterocycles. The standard InChI is InChI=1S/C22H12Cl4N2O3/c23-13-6-7-14(17(25)10-13)22(30)31-27-20-15-3-1-2-4-19(15)28(21(20)29)11-12-5-8-16(24)18(26)9-12/h1-10H,11H2/b27-20+. The minimum Gasteiger partial charge on any atom is -0.312 e. The van der Waals surface area contributed by atoms with Crippen LogP contribution in [-0.4, -0.2) is 17.6 Å². The van der Waals surface area contributed by atoms with Crippen molar-refractivity contribution in [3.05, 3.63) is 97.4 Å². The van der Waals surface area contributed by atoms with Gasteiger partial charge in [-0.2, -0.15) is 0 Å². The lowest BCUT2D eigenvalue weighted by molar-refractivity contribution is -0.112. The number of benzene rings is 3. The number of para-hydroxylation sites is 1. The Morgan fingerprint density at radius 2 is 1.68 bits per heavy atom. The van der Waals surface area contributed by atoms with Crippen molar-refractivity contribution in [1.82, 2.24) is 0 Å². The summed E-state index contributed by atoms with van der Waals surface area (Å²) in [7, 11) is 0. The Morgan fingerprint density at radius 1 is 0.903 bits per heavy atom. The first-order chi connectivity index (χ1) is 14.8. The van der Waals surface area contributed by atoms with E-state index >= 15 is 0 Å². The van der Waals surface area contributed by atoms with Crippen LogP contribution in [-0.2, 0) is 16.2 Å². The Hall–Kier alpha value is -2.57. The summed E-state index contributed by atoms with van der Waals surface area (Å²) in [6, 6.07) is 16.6. The molecule has 0 aromatic heterocycles. The van der Waals surface area contributed by atoms with Crippen molar-refractivity contribution >= 4 is 69.7 Å². The smallest absolute Gasteiger partial charge is 0.312 e. The van der Waals surface area contributed by atoms with Crippen LogP contribution in [0.3, 0.4) is 0 Å². The Kier molecular flexibility index (Phi) is 6.21. The van der Waals surface area contributed by atoms with Crippen molar-refractivity contribution in [2.45, 2.75) is 6.54 Å². The van der Waals surface area contributed by atoms with Crippen molar-refractivity contribution in [1.29, 1.82) is 0 Å². The lowest BCUT2D eigenvalue weighted by Crippen LogP contribution is -2.29. The van der Waals surface area contributed by atoms with Gasteiger partial charge in [-0.1, -0.05) is 75.8 Å². The Balaban J connectivity index is 1.62. The maximum Gasteiger partial charge on any atom is 0.367 e. The molecule has 1 aliphatic rings. The third kappa shape index (κ3) is 4.41. The highest BCUT2D eigenvalue weighted by Crippen LogP contribution is 2.32. The fourth-order valence-electron chi connectivity index (χ4n) is 3.12. The van der Waals surface area contributed by atoms with Gasteiger partial charge in [-0.15, -0.1) is 0 Å². The van der Waals surface area contributed by atoms with Gasteiger partial charge in [0, 0.05) is 10.6 Å². The van der Waals surface area contributed by atoms with Gasteiger partial charge in [-0.3, -0.25) is 4.79 Å². The molecular weight excluding hydrogens is 482 g/mol. The van der Waals surface area contributed by atoms with Crippen LogP contribution in [0, 0.1) is 0 Å². The molecule has 9 heteroatoms. The average molecular weight is 494 g/mol. The number of oxime groups is 1. The summed E-state index contributed by atoms with van der Waals surface area (Å²) in [5.41, 5.74) is 2.06. The van der Waals surface area contributed by atoms with Crippen LogP contribution in [0.5, 0.6) is 0 Å². The van der Waals surface area contributed by atoms with Gasteiger partial charge in [0.15, 0.2) is 5.71 Å². The van der Waals surface area contributed by atoms with E-state index in [-0.39, 0.29) is 22.8 Å². The highest BCUT2D eigenvalue weighted by Gasteiger charge is 2.35. The highest BCUT2D eigenvalue weighted by atomic mass is 35.5. The van der Waals surface area contributed by atoms with Gasteiger partial charge in [-0.25, -0.2) is 4.79 Å². The fraction of sp³-hybridized carbons (Fsp3) is 0.0455. The zero-order valence-electron chi connectivity index (χ0n) is 15.6. The van der Waals surface area contributed by atoms with E-state index in [2.05, 4.69) is 5.16 Å². The second-order valence-corrected chi connectivity index (χ2v) is 8.26. The molecule has 0 spiro atoms. The molecule has 0 saturated carbocycles. The van der Waals surface area contributed by atoms with Gasteiger partial charge in [-0.05, 0) is 42.0 Å². The number of anilines is 1. The molecule has 0 fully saturated rings. The van der Waals surface area contributed by atoms with Crippen LogP contribution >= 0.6 is 46.4 Å². The van der Waals surface area contributed by atoms with Gasteiger partial charge >= 0.3 is 5.97 Å². The zero-order chi connectivity index (χ0) is 22.1. The Bertz CT molecular complexity index is 1240. The normalized spacial score (nSPS) is 14.1. The molecule has 5 nitrogen and oxygen atoms in total. The maximum absolute atomic E-state index is 13.1. The zero-order valence-corrected chi connectivity index (χ0v) is 18.6. The molecule has 31 heavy (non-hydrogen) atoms. The monoisotopic (exact) mass is 492 g/mol. The number of carbonyl (C=O) groups is 2. The largest absolute Gasteiger partial charge is 0.367 e. The second-order valence-electron chi connectivity index (χ2n) is 6.60. The van der Waals surface area contributed by atoms with E-state index in [1.54, 1.807) is 42.5 Å². The summed E-state index contributed by atoms with van der Waals surface area (Å²) in [6.07, 6.45) is 0. The second kappa shape index (κ2) is 8.89. The van der Waals surface area contributed by atoms with Crippen molar-refractivity contribution < 1.29 is 14.4 Å². The van der Waals surface area contributed by atoms with Crippen LogP contribution in [0.25, 0.3) is 0 Å². The first-order valence-electron chi connectivity index (χ1n) is 8.94. The third-order valence-electron chi connectivity index (χ3n) is 4.59. The molecule has 3 aromatic rings. The fourth-order valence-corrected chi connectivity index (χ4v) is 3.93. The summed E-state index contributed by atoms with van der Waals surface area (Å²) in [5.74, 6) is -1.22. The quantitative estimate of drug-likeness (QED) is 0.311. The Morgan fingerprint density at radius 3 is 2.42 bits per heavy atom. The number of halogens is 4. The van der Waals surface area contributed by atoms with Gasteiger partial charge in [0.05, 0.1) is 32.9 Å². The van der Waals surface area contributed by atoms with Crippen LogP contribution < -0.4 is 4.90 Å². The van der Waals surface area contributed by atoms with Crippen LogP contribution in [0.4, 0.5) is 5.69 Å². The molecule has 0 bridgehead atoms. The van der Waals surface area contributed by atoms with E-state index in [0.29, 0.717) is 26.3 Å². The molecule has 4 rings (SSSR count). The molecule has 1 aliphatic heterocycles. The molecule has 1 amide bonds. The number of hydrogen-bond donors (Lipinski definition) is 0. The third-order valence-corrected chi connectivity index (χ3v) is 5.88. The Labute approximate surface area is 197 Å². The predicted molar refractivity (Wildman–Crippen MR) is 123 cm³/mol. The number of fused-ring (bicyclic) bond motifs is 1. The average Bonchev–Trinajstić information content (AvgIpc) is 3.00. The lowest BCUT2D eigenvalue weighted by Gasteiger charge is -2.17. The van der Waals surface area contributed by atoms with Gasteiger partial charge < -0.3 is 9.74 Å². The number of nitrogens with zero attached hydrogens (tertiary/aromatic N) is 2.